The zero-order chi connectivity index (χ0) is 18.1. The first-order valence-electron chi connectivity index (χ1n) is 10.0. The first-order chi connectivity index (χ1) is 12.6. The van der Waals surface area contributed by atoms with Gasteiger partial charge in [0.15, 0.2) is 0 Å². The fourth-order valence-electron chi connectivity index (χ4n) is 4.67. The number of piperidine rings is 1. The molecule has 2 aliphatic heterocycles. The minimum absolute atomic E-state index is 0.158. The number of hydrogen-bond acceptors (Lipinski definition) is 3. The molecule has 0 spiro atoms. The minimum Gasteiger partial charge on any atom is -0.342 e. The number of rotatable bonds is 4. The number of likely N-dealkylation sites (N-methyl/N-ethyl adjacent to an activating group) is 1. The first-order valence-corrected chi connectivity index (χ1v) is 10.0. The molecule has 3 fully saturated rings. The van der Waals surface area contributed by atoms with E-state index in [1.807, 2.05) is 11.0 Å². The Morgan fingerprint density at radius 1 is 1.15 bits per heavy atom. The van der Waals surface area contributed by atoms with Crippen molar-refractivity contribution in [1.29, 1.82) is 0 Å². The molecule has 3 aliphatic rings. The average molecular weight is 359 g/mol. The highest BCUT2D eigenvalue weighted by Crippen LogP contribution is 2.50. The molecule has 0 radical (unpaired) electrons. The van der Waals surface area contributed by atoms with Gasteiger partial charge in [0.05, 0.1) is 5.41 Å². The largest absolute Gasteiger partial charge is 0.342 e. The van der Waals surface area contributed by atoms with Crippen LogP contribution in [0.4, 0.5) is 4.39 Å². The highest BCUT2D eigenvalue weighted by atomic mass is 19.1. The predicted octanol–water partition coefficient (Wildman–Crippen LogP) is 2.34. The summed E-state index contributed by atoms with van der Waals surface area (Å²) in [5.41, 5.74) is 0.0207. The van der Waals surface area contributed by atoms with Crippen molar-refractivity contribution in [3.8, 4) is 0 Å². The Hall–Kier alpha value is -1.46. The molecule has 0 bridgehead atoms. The molecule has 4 nitrogen and oxygen atoms in total. The van der Waals surface area contributed by atoms with Crippen LogP contribution in [0.3, 0.4) is 0 Å². The van der Waals surface area contributed by atoms with Gasteiger partial charge in [-0.05, 0) is 44.7 Å². The SMILES string of the molecule is CN1CCN(CC2CCCN(C(=O)C3(c4ccccc4F)CC3)C2)CC1. The van der Waals surface area contributed by atoms with Gasteiger partial charge < -0.3 is 14.7 Å². The van der Waals surface area contributed by atoms with Crippen LogP contribution in [0.5, 0.6) is 0 Å². The van der Waals surface area contributed by atoms with Gasteiger partial charge >= 0.3 is 0 Å². The Kier molecular flexibility index (Phi) is 5.02. The van der Waals surface area contributed by atoms with Crippen LogP contribution in [0.25, 0.3) is 0 Å². The van der Waals surface area contributed by atoms with E-state index in [1.165, 1.54) is 12.5 Å². The number of carbonyl (C=O) groups excluding carboxylic acids is 1. The number of amides is 1. The Labute approximate surface area is 155 Å². The van der Waals surface area contributed by atoms with Crippen LogP contribution in [0, 0.1) is 11.7 Å². The van der Waals surface area contributed by atoms with Gasteiger partial charge in [-0.15, -0.1) is 0 Å². The number of benzene rings is 1. The zero-order valence-electron chi connectivity index (χ0n) is 15.8. The number of halogens is 1. The van der Waals surface area contributed by atoms with Gasteiger partial charge in [-0.2, -0.15) is 0 Å². The van der Waals surface area contributed by atoms with E-state index in [4.69, 9.17) is 0 Å². The zero-order valence-corrected chi connectivity index (χ0v) is 15.8. The van der Waals surface area contributed by atoms with Crippen LogP contribution in [0.1, 0.15) is 31.2 Å². The molecule has 1 saturated carbocycles. The summed E-state index contributed by atoms with van der Waals surface area (Å²) in [4.78, 5) is 20.2. The van der Waals surface area contributed by atoms with E-state index in [9.17, 15) is 9.18 Å². The second-order valence-electron chi connectivity index (χ2n) is 8.43. The van der Waals surface area contributed by atoms with E-state index in [1.54, 1.807) is 12.1 Å². The second-order valence-corrected chi connectivity index (χ2v) is 8.43. The molecule has 2 saturated heterocycles. The van der Waals surface area contributed by atoms with Gasteiger partial charge in [-0.3, -0.25) is 4.79 Å². The summed E-state index contributed by atoms with van der Waals surface area (Å²) in [5.74, 6) is 0.475. The van der Waals surface area contributed by atoms with Gasteiger partial charge in [-0.1, -0.05) is 18.2 Å². The third-order valence-electron chi connectivity index (χ3n) is 6.47. The molecule has 1 aromatic carbocycles. The molecule has 1 amide bonds. The standard InChI is InChI=1S/C21H30FN3O/c1-23-11-13-24(14-12-23)15-17-5-4-10-25(16-17)20(26)21(8-9-21)18-6-2-3-7-19(18)22/h2-3,6-7,17H,4-5,8-16H2,1H3. The molecule has 0 aromatic heterocycles. The van der Waals surface area contributed by atoms with Crippen LogP contribution < -0.4 is 0 Å². The number of likely N-dealkylation sites (tertiary alicyclic amines) is 1. The summed E-state index contributed by atoms with van der Waals surface area (Å²) in [5, 5.41) is 0. The van der Waals surface area contributed by atoms with Crippen molar-refractivity contribution in [2.24, 2.45) is 5.92 Å². The maximum absolute atomic E-state index is 14.3. The van der Waals surface area contributed by atoms with Gasteiger partial charge in [0.2, 0.25) is 5.91 Å². The maximum Gasteiger partial charge on any atom is 0.233 e. The van der Waals surface area contributed by atoms with E-state index in [0.29, 0.717) is 11.5 Å². The fourth-order valence-corrected chi connectivity index (χ4v) is 4.67. The smallest absolute Gasteiger partial charge is 0.233 e. The van der Waals surface area contributed by atoms with E-state index < -0.39 is 5.41 Å². The lowest BCUT2D eigenvalue weighted by molar-refractivity contribution is -0.136. The molecule has 142 valence electrons. The molecule has 5 heteroatoms. The van der Waals surface area contributed by atoms with E-state index in [2.05, 4.69) is 16.8 Å². The van der Waals surface area contributed by atoms with Crippen molar-refractivity contribution in [3.05, 3.63) is 35.6 Å². The van der Waals surface area contributed by atoms with Crippen molar-refractivity contribution in [2.75, 3.05) is 52.9 Å². The van der Waals surface area contributed by atoms with Crippen molar-refractivity contribution >= 4 is 5.91 Å². The summed E-state index contributed by atoms with van der Waals surface area (Å²) in [6.45, 7) is 7.26. The molecule has 2 heterocycles. The second kappa shape index (κ2) is 7.28. The average Bonchev–Trinajstić information content (AvgIpc) is 3.45. The molecule has 1 atom stereocenters. The topological polar surface area (TPSA) is 26.8 Å². The summed E-state index contributed by atoms with van der Waals surface area (Å²) in [6.07, 6.45) is 3.83. The van der Waals surface area contributed by atoms with Crippen molar-refractivity contribution < 1.29 is 9.18 Å². The van der Waals surface area contributed by atoms with Crippen molar-refractivity contribution in [2.45, 2.75) is 31.1 Å². The highest BCUT2D eigenvalue weighted by molar-refractivity contribution is 5.91. The molecule has 1 aliphatic carbocycles. The molecule has 1 aromatic rings. The predicted molar refractivity (Wildman–Crippen MR) is 101 cm³/mol. The third kappa shape index (κ3) is 3.52. The lowest BCUT2D eigenvalue weighted by Crippen LogP contribution is -2.50. The summed E-state index contributed by atoms with van der Waals surface area (Å²) in [7, 11) is 2.18. The summed E-state index contributed by atoms with van der Waals surface area (Å²) >= 11 is 0. The van der Waals surface area contributed by atoms with Crippen molar-refractivity contribution in [1.82, 2.24) is 14.7 Å². The minimum atomic E-state index is -0.582. The van der Waals surface area contributed by atoms with Gasteiger partial charge in [0.25, 0.3) is 0 Å². The number of carbonyl (C=O) groups is 1. The van der Waals surface area contributed by atoms with Crippen LogP contribution in [-0.4, -0.2) is 73.5 Å². The van der Waals surface area contributed by atoms with Crippen LogP contribution >= 0.6 is 0 Å². The molecular weight excluding hydrogens is 329 g/mol. The maximum atomic E-state index is 14.3. The number of hydrogen-bond donors (Lipinski definition) is 0. The van der Waals surface area contributed by atoms with E-state index >= 15 is 0 Å². The molecule has 26 heavy (non-hydrogen) atoms. The third-order valence-corrected chi connectivity index (χ3v) is 6.47. The van der Waals surface area contributed by atoms with Gasteiger partial charge in [0, 0.05) is 51.4 Å². The Bertz CT molecular complexity index is 652. The lowest BCUT2D eigenvalue weighted by Gasteiger charge is -2.39. The van der Waals surface area contributed by atoms with E-state index in [0.717, 1.165) is 65.1 Å². The monoisotopic (exact) mass is 359 g/mol. The summed E-state index contributed by atoms with van der Waals surface area (Å²) < 4.78 is 14.3. The number of nitrogens with zero attached hydrogens (tertiary/aromatic N) is 3. The molecule has 0 N–H and O–H groups in total. The fraction of sp³-hybridized carbons (Fsp3) is 0.667. The van der Waals surface area contributed by atoms with Gasteiger partial charge in [0.1, 0.15) is 5.82 Å². The summed E-state index contributed by atoms with van der Waals surface area (Å²) in [6, 6.07) is 6.82. The first kappa shape index (κ1) is 17.9. The molecule has 1 unspecified atom stereocenters. The quantitative estimate of drug-likeness (QED) is 0.826. The molecular formula is C21H30FN3O. The highest BCUT2D eigenvalue weighted by Gasteiger charge is 2.54. The van der Waals surface area contributed by atoms with Crippen LogP contribution in [-0.2, 0) is 10.2 Å². The lowest BCUT2D eigenvalue weighted by atomic mass is 9.90. The van der Waals surface area contributed by atoms with Gasteiger partial charge in [-0.25, -0.2) is 4.39 Å². The molecule has 4 rings (SSSR count). The Morgan fingerprint density at radius 2 is 1.88 bits per heavy atom. The normalized spacial score (nSPS) is 26.7. The van der Waals surface area contributed by atoms with Crippen molar-refractivity contribution in [3.63, 3.8) is 0 Å². The Balaban J connectivity index is 1.40. The number of piperazine rings is 1. The van der Waals surface area contributed by atoms with Crippen LogP contribution in [0.15, 0.2) is 24.3 Å². The van der Waals surface area contributed by atoms with E-state index in [-0.39, 0.29) is 11.7 Å². The van der Waals surface area contributed by atoms with Crippen LogP contribution in [0.2, 0.25) is 0 Å². The Morgan fingerprint density at radius 3 is 2.58 bits per heavy atom.